The quantitative estimate of drug-likeness (QED) is 0.891. The van der Waals surface area contributed by atoms with Crippen LogP contribution in [-0.2, 0) is 4.74 Å². The van der Waals surface area contributed by atoms with Gasteiger partial charge in [0.15, 0.2) is 0 Å². The summed E-state index contributed by atoms with van der Waals surface area (Å²) in [5.41, 5.74) is 0.467. The molecule has 1 atom stereocenters. The van der Waals surface area contributed by atoms with Crippen LogP contribution >= 0.6 is 0 Å². The Morgan fingerprint density at radius 1 is 1.21 bits per heavy atom. The van der Waals surface area contributed by atoms with Gasteiger partial charge in [0.05, 0.1) is 17.3 Å². The van der Waals surface area contributed by atoms with E-state index in [0.717, 1.165) is 24.5 Å². The van der Waals surface area contributed by atoms with Crippen LogP contribution in [0.25, 0.3) is 0 Å². The summed E-state index contributed by atoms with van der Waals surface area (Å²) in [6.45, 7) is 11.8. The number of anilines is 1. The smallest absolute Gasteiger partial charge is 0.128 e. The number of rotatable bonds is 2. The van der Waals surface area contributed by atoms with E-state index in [2.05, 4.69) is 37.6 Å². The lowest BCUT2D eigenvalue weighted by Crippen LogP contribution is -2.57. The summed E-state index contributed by atoms with van der Waals surface area (Å²) in [5.74, 6) is 0.939. The maximum absolute atomic E-state index is 9.52. The second-order valence-corrected chi connectivity index (χ2v) is 6.60. The van der Waals surface area contributed by atoms with Crippen molar-refractivity contribution in [1.82, 2.24) is 4.98 Å². The lowest BCUT2D eigenvalue weighted by molar-refractivity contribution is -0.133. The van der Waals surface area contributed by atoms with Crippen LogP contribution in [0.1, 0.15) is 46.3 Å². The van der Waals surface area contributed by atoms with Gasteiger partial charge in [-0.05, 0) is 46.2 Å². The van der Waals surface area contributed by atoms with E-state index < -0.39 is 6.10 Å². The fourth-order valence-electron chi connectivity index (χ4n) is 2.78. The lowest BCUT2D eigenvalue weighted by Gasteiger charge is -2.47. The van der Waals surface area contributed by atoms with Gasteiger partial charge in [-0.15, -0.1) is 0 Å². The van der Waals surface area contributed by atoms with E-state index in [1.807, 2.05) is 12.1 Å². The molecule has 4 heteroatoms. The number of aliphatic hydroxyl groups excluding tert-OH is 1. The van der Waals surface area contributed by atoms with Gasteiger partial charge in [-0.3, -0.25) is 0 Å². The summed E-state index contributed by atoms with van der Waals surface area (Å²) in [6, 6.07) is 3.90. The molecule has 0 amide bonds. The van der Waals surface area contributed by atoms with Gasteiger partial charge in [0.2, 0.25) is 0 Å². The zero-order chi connectivity index (χ0) is 14.3. The van der Waals surface area contributed by atoms with Gasteiger partial charge in [0, 0.05) is 19.3 Å². The molecule has 1 aromatic rings. The fraction of sp³-hybridized carbons (Fsp3) is 0.667. The van der Waals surface area contributed by atoms with Gasteiger partial charge >= 0.3 is 0 Å². The lowest BCUT2D eigenvalue weighted by atomic mass is 9.99. The number of aromatic nitrogens is 1. The largest absolute Gasteiger partial charge is 0.389 e. The van der Waals surface area contributed by atoms with E-state index >= 15 is 0 Å². The Morgan fingerprint density at radius 2 is 1.79 bits per heavy atom. The predicted octanol–water partition coefficient (Wildman–Crippen LogP) is 2.53. The summed E-state index contributed by atoms with van der Waals surface area (Å²) in [6.07, 6.45) is 1.27. The molecule has 0 radical (unpaired) electrons. The van der Waals surface area contributed by atoms with E-state index in [0.29, 0.717) is 0 Å². The Kier molecular flexibility index (Phi) is 3.58. The highest BCUT2D eigenvalue weighted by Crippen LogP contribution is 2.30. The number of aliphatic hydroxyl groups is 1. The summed E-state index contributed by atoms with van der Waals surface area (Å²) in [7, 11) is 0. The molecule has 0 aliphatic carbocycles. The molecule has 0 saturated carbocycles. The molecule has 2 rings (SSSR count). The minimum atomic E-state index is -0.473. The molecule has 0 bridgehead atoms. The van der Waals surface area contributed by atoms with Crippen molar-refractivity contribution in [2.24, 2.45) is 0 Å². The fourth-order valence-corrected chi connectivity index (χ4v) is 2.78. The van der Waals surface area contributed by atoms with E-state index in [9.17, 15) is 5.11 Å². The zero-order valence-electron chi connectivity index (χ0n) is 12.5. The monoisotopic (exact) mass is 264 g/mol. The molecule has 19 heavy (non-hydrogen) atoms. The van der Waals surface area contributed by atoms with Gasteiger partial charge in [0.1, 0.15) is 5.82 Å². The Balaban J connectivity index is 2.21. The first kappa shape index (κ1) is 14.3. The number of hydrogen-bond donors (Lipinski definition) is 1. The molecule has 0 aromatic carbocycles. The van der Waals surface area contributed by atoms with Crippen LogP contribution in [0.2, 0.25) is 0 Å². The van der Waals surface area contributed by atoms with Crippen LogP contribution in [0, 0.1) is 0 Å². The molecular formula is C15H24N2O2. The first-order valence-electron chi connectivity index (χ1n) is 6.78. The average Bonchev–Trinajstić information content (AvgIpc) is 2.25. The molecule has 1 saturated heterocycles. The summed E-state index contributed by atoms with van der Waals surface area (Å²) in [5, 5.41) is 9.52. The normalized spacial score (nSPS) is 23.2. The van der Waals surface area contributed by atoms with Gasteiger partial charge in [-0.2, -0.15) is 0 Å². The zero-order valence-corrected chi connectivity index (χ0v) is 12.5. The molecular weight excluding hydrogens is 240 g/mol. The van der Waals surface area contributed by atoms with Crippen LogP contribution in [0.3, 0.4) is 0 Å². The average molecular weight is 264 g/mol. The highest BCUT2D eigenvalue weighted by Gasteiger charge is 2.38. The van der Waals surface area contributed by atoms with Gasteiger partial charge < -0.3 is 14.7 Å². The minimum absolute atomic E-state index is 0.188. The second-order valence-electron chi connectivity index (χ2n) is 6.60. The first-order chi connectivity index (χ1) is 8.69. The van der Waals surface area contributed by atoms with Crippen molar-refractivity contribution in [2.75, 3.05) is 18.0 Å². The van der Waals surface area contributed by atoms with Crippen molar-refractivity contribution in [3.05, 3.63) is 23.9 Å². The van der Waals surface area contributed by atoms with E-state index in [1.165, 1.54) is 0 Å². The third-order valence-corrected chi connectivity index (χ3v) is 3.27. The van der Waals surface area contributed by atoms with Crippen molar-refractivity contribution in [3.8, 4) is 0 Å². The van der Waals surface area contributed by atoms with E-state index in [4.69, 9.17) is 4.74 Å². The summed E-state index contributed by atoms with van der Waals surface area (Å²) >= 11 is 0. The maximum atomic E-state index is 9.52. The second kappa shape index (κ2) is 4.76. The Morgan fingerprint density at radius 3 is 2.21 bits per heavy atom. The number of nitrogens with zero attached hydrogens (tertiary/aromatic N) is 2. The third kappa shape index (κ3) is 3.45. The van der Waals surface area contributed by atoms with Crippen LogP contribution in [-0.4, -0.2) is 34.4 Å². The topological polar surface area (TPSA) is 45.6 Å². The summed E-state index contributed by atoms with van der Waals surface area (Å²) in [4.78, 5) is 6.71. The SMILES string of the molecule is C[C@@H](O)c1ccc(N2CC(C)(C)OC(C)(C)C2)nc1. The third-order valence-electron chi connectivity index (χ3n) is 3.27. The van der Waals surface area contributed by atoms with Crippen LogP contribution in [0.4, 0.5) is 5.82 Å². The first-order valence-corrected chi connectivity index (χ1v) is 6.78. The minimum Gasteiger partial charge on any atom is -0.389 e. The number of pyridine rings is 1. The molecule has 0 spiro atoms. The molecule has 106 valence electrons. The van der Waals surface area contributed by atoms with Gasteiger partial charge in [-0.1, -0.05) is 6.07 Å². The highest BCUT2D eigenvalue weighted by atomic mass is 16.5. The number of morpholine rings is 1. The molecule has 1 N–H and O–H groups in total. The van der Waals surface area contributed by atoms with E-state index in [-0.39, 0.29) is 11.2 Å². The Hall–Kier alpha value is -1.13. The molecule has 1 fully saturated rings. The van der Waals surface area contributed by atoms with Crippen LogP contribution in [0.5, 0.6) is 0 Å². The van der Waals surface area contributed by atoms with Gasteiger partial charge in [0.25, 0.3) is 0 Å². The number of hydrogen-bond acceptors (Lipinski definition) is 4. The molecule has 4 nitrogen and oxygen atoms in total. The van der Waals surface area contributed by atoms with Crippen molar-refractivity contribution >= 4 is 5.82 Å². The Labute approximate surface area is 115 Å². The van der Waals surface area contributed by atoms with E-state index in [1.54, 1.807) is 13.1 Å². The standard InChI is InChI=1S/C15H24N2O2/c1-11(18)12-6-7-13(16-8-12)17-9-14(2,3)19-15(4,5)10-17/h6-8,11,18H,9-10H2,1-5H3/t11-/m1/s1. The molecule has 2 heterocycles. The number of ether oxygens (including phenoxy) is 1. The molecule has 1 aromatic heterocycles. The van der Waals surface area contributed by atoms with Crippen LogP contribution in [0.15, 0.2) is 18.3 Å². The van der Waals surface area contributed by atoms with Crippen molar-refractivity contribution in [3.63, 3.8) is 0 Å². The molecule has 1 aliphatic heterocycles. The molecule has 0 unspecified atom stereocenters. The van der Waals surface area contributed by atoms with Crippen molar-refractivity contribution < 1.29 is 9.84 Å². The summed E-state index contributed by atoms with van der Waals surface area (Å²) < 4.78 is 6.07. The van der Waals surface area contributed by atoms with Gasteiger partial charge in [-0.25, -0.2) is 4.98 Å². The van der Waals surface area contributed by atoms with Crippen molar-refractivity contribution in [1.29, 1.82) is 0 Å². The molecule has 1 aliphatic rings. The van der Waals surface area contributed by atoms with Crippen molar-refractivity contribution in [2.45, 2.75) is 51.9 Å². The predicted molar refractivity (Wildman–Crippen MR) is 76.3 cm³/mol. The van der Waals surface area contributed by atoms with Crippen LogP contribution < -0.4 is 4.90 Å². The Bertz CT molecular complexity index is 422. The maximum Gasteiger partial charge on any atom is 0.128 e. The highest BCUT2D eigenvalue weighted by molar-refractivity contribution is 5.41.